The van der Waals surface area contributed by atoms with Gasteiger partial charge in [-0.2, -0.15) is 0 Å². The standard InChI is InChI=1S/C19H25N3O2/c1-15-5-4-6-16(11-15)8-10-21-19(24)22-13-17(14-23)12-18-7-2-3-9-20-18/h2-7,9,11,17,23H,8,10,12-14H2,1H3,(H2,21,22,24). The average Bonchev–Trinajstić information content (AvgIpc) is 2.59. The van der Waals surface area contributed by atoms with Gasteiger partial charge in [0, 0.05) is 37.5 Å². The Morgan fingerprint density at radius 3 is 2.79 bits per heavy atom. The molecular formula is C19H25N3O2. The van der Waals surface area contributed by atoms with Crippen LogP contribution < -0.4 is 10.6 Å². The van der Waals surface area contributed by atoms with Crippen molar-refractivity contribution in [1.82, 2.24) is 15.6 Å². The molecule has 1 heterocycles. The van der Waals surface area contributed by atoms with Crippen molar-refractivity contribution >= 4 is 6.03 Å². The van der Waals surface area contributed by atoms with Crippen LogP contribution in [0.15, 0.2) is 48.7 Å². The zero-order valence-corrected chi connectivity index (χ0v) is 14.0. The number of hydrogen-bond acceptors (Lipinski definition) is 3. The zero-order valence-electron chi connectivity index (χ0n) is 14.0. The van der Waals surface area contributed by atoms with Crippen LogP contribution in [0, 0.1) is 12.8 Å². The van der Waals surface area contributed by atoms with Crippen molar-refractivity contribution in [1.29, 1.82) is 0 Å². The molecule has 0 fully saturated rings. The van der Waals surface area contributed by atoms with Gasteiger partial charge in [-0.15, -0.1) is 0 Å². The third kappa shape index (κ3) is 6.38. The first kappa shape index (κ1) is 17.9. The molecule has 0 spiro atoms. The van der Waals surface area contributed by atoms with Gasteiger partial charge in [-0.25, -0.2) is 4.79 Å². The van der Waals surface area contributed by atoms with Crippen LogP contribution in [0.4, 0.5) is 4.79 Å². The summed E-state index contributed by atoms with van der Waals surface area (Å²) in [6.45, 7) is 3.07. The van der Waals surface area contributed by atoms with E-state index >= 15 is 0 Å². The summed E-state index contributed by atoms with van der Waals surface area (Å²) in [7, 11) is 0. The van der Waals surface area contributed by atoms with Crippen molar-refractivity contribution in [2.24, 2.45) is 5.92 Å². The van der Waals surface area contributed by atoms with E-state index in [1.165, 1.54) is 11.1 Å². The van der Waals surface area contributed by atoms with Crippen molar-refractivity contribution in [2.45, 2.75) is 19.8 Å². The van der Waals surface area contributed by atoms with Gasteiger partial charge in [0.25, 0.3) is 0 Å². The summed E-state index contributed by atoms with van der Waals surface area (Å²) < 4.78 is 0. The van der Waals surface area contributed by atoms with Crippen LogP contribution in [0.2, 0.25) is 0 Å². The summed E-state index contributed by atoms with van der Waals surface area (Å²) in [5.74, 6) is -0.0394. The molecule has 3 N–H and O–H groups in total. The number of benzene rings is 1. The van der Waals surface area contributed by atoms with Gasteiger partial charge in [0.1, 0.15) is 0 Å². The van der Waals surface area contributed by atoms with Crippen LogP contribution in [-0.4, -0.2) is 35.8 Å². The summed E-state index contributed by atoms with van der Waals surface area (Å²) >= 11 is 0. The second-order valence-corrected chi connectivity index (χ2v) is 5.95. The topological polar surface area (TPSA) is 74.2 Å². The quantitative estimate of drug-likeness (QED) is 0.695. The van der Waals surface area contributed by atoms with Crippen LogP contribution in [0.3, 0.4) is 0 Å². The number of aliphatic hydroxyl groups is 1. The maximum absolute atomic E-state index is 11.9. The number of carbonyl (C=O) groups is 1. The first-order chi connectivity index (χ1) is 11.7. The van der Waals surface area contributed by atoms with E-state index in [0.29, 0.717) is 19.5 Å². The number of nitrogens with one attached hydrogen (secondary N) is 2. The summed E-state index contributed by atoms with van der Waals surface area (Å²) in [5.41, 5.74) is 3.34. The smallest absolute Gasteiger partial charge is 0.314 e. The van der Waals surface area contributed by atoms with Crippen molar-refractivity contribution in [2.75, 3.05) is 19.7 Å². The van der Waals surface area contributed by atoms with Gasteiger partial charge in [0.15, 0.2) is 0 Å². The van der Waals surface area contributed by atoms with Crippen molar-refractivity contribution in [3.63, 3.8) is 0 Å². The number of aromatic nitrogens is 1. The molecular weight excluding hydrogens is 302 g/mol. The molecule has 0 aliphatic carbocycles. The molecule has 5 nitrogen and oxygen atoms in total. The maximum Gasteiger partial charge on any atom is 0.314 e. The number of aliphatic hydroxyl groups excluding tert-OH is 1. The van der Waals surface area contributed by atoms with Crippen LogP contribution in [0.25, 0.3) is 0 Å². The lowest BCUT2D eigenvalue weighted by molar-refractivity contribution is 0.213. The third-order valence-electron chi connectivity index (χ3n) is 3.82. The van der Waals surface area contributed by atoms with E-state index in [0.717, 1.165) is 12.1 Å². The van der Waals surface area contributed by atoms with Gasteiger partial charge >= 0.3 is 6.03 Å². The van der Waals surface area contributed by atoms with Crippen molar-refractivity contribution < 1.29 is 9.90 Å². The average molecular weight is 327 g/mol. The molecule has 0 saturated carbocycles. The lowest BCUT2D eigenvalue weighted by Gasteiger charge is -2.15. The molecule has 1 unspecified atom stereocenters. The number of pyridine rings is 1. The van der Waals surface area contributed by atoms with Gasteiger partial charge in [0.2, 0.25) is 0 Å². The molecule has 0 saturated heterocycles. The predicted octanol–water partition coefficient (Wildman–Crippen LogP) is 2.08. The highest BCUT2D eigenvalue weighted by Gasteiger charge is 2.11. The van der Waals surface area contributed by atoms with E-state index in [1.807, 2.05) is 24.3 Å². The monoisotopic (exact) mass is 327 g/mol. The number of aryl methyl sites for hydroxylation is 1. The first-order valence-corrected chi connectivity index (χ1v) is 8.25. The Bertz CT molecular complexity index is 632. The molecule has 5 heteroatoms. The lowest BCUT2D eigenvalue weighted by atomic mass is 10.0. The minimum absolute atomic E-state index is 0.0140. The van der Waals surface area contributed by atoms with E-state index < -0.39 is 0 Å². The Balaban J connectivity index is 1.68. The normalized spacial score (nSPS) is 11.8. The van der Waals surface area contributed by atoms with E-state index in [4.69, 9.17) is 0 Å². The first-order valence-electron chi connectivity index (χ1n) is 8.25. The number of urea groups is 1. The molecule has 1 atom stereocenters. The summed E-state index contributed by atoms with van der Waals surface area (Å²) in [5, 5.41) is 15.1. The number of hydrogen-bond donors (Lipinski definition) is 3. The molecule has 0 radical (unpaired) electrons. The van der Waals surface area contributed by atoms with Gasteiger partial charge in [-0.1, -0.05) is 35.9 Å². The van der Waals surface area contributed by atoms with Crippen molar-refractivity contribution in [3.05, 3.63) is 65.5 Å². The molecule has 2 amide bonds. The van der Waals surface area contributed by atoms with Crippen LogP contribution >= 0.6 is 0 Å². The molecule has 2 rings (SSSR count). The van der Waals surface area contributed by atoms with Crippen molar-refractivity contribution in [3.8, 4) is 0 Å². The molecule has 0 aliphatic heterocycles. The Morgan fingerprint density at radius 2 is 2.08 bits per heavy atom. The van der Waals surface area contributed by atoms with Crippen LogP contribution in [-0.2, 0) is 12.8 Å². The fraction of sp³-hybridized carbons (Fsp3) is 0.368. The van der Waals surface area contributed by atoms with Crippen LogP contribution in [0.1, 0.15) is 16.8 Å². The summed E-state index contributed by atoms with van der Waals surface area (Å²) in [6.07, 6.45) is 3.17. The van der Waals surface area contributed by atoms with Gasteiger partial charge in [-0.05, 0) is 37.5 Å². The Labute approximate surface area is 143 Å². The van der Waals surface area contributed by atoms with E-state index in [-0.39, 0.29) is 18.6 Å². The second kappa shape index (κ2) is 9.67. The minimum Gasteiger partial charge on any atom is -0.396 e. The molecule has 24 heavy (non-hydrogen) atoms. The molecule has 0 bridgehead atoms. The fourth-order valence-electron chi connectivity index (χ4n) is 2.50. The highest BCUT2D eigenvalue weighted by molar-refractivity contribution is 5.73. The number of rotatable bonds is 8. The summed E-state index contributed by atoms with van der Waals surface area (Å²) in [6, 6.07) is 13.7. The van der Waals surface area contributed by atoms with E-state index in [9.17, 15) is 9.90 Å². The SMILES string of the molecule is Cc1cccc(CCNC(=O)NCC(CO)Cc2ccccn2)c1. The Hall–Kier alpha value is -2.40. The highest BCUT2D eigenvalue weighted by Crippen LogP contribution is 2.05. The number of amides is 2. The predicted molar refractivity (Wildman–Crippen MR) is 94.8 cm³/mol. The maximum atomic E-state index is 11.9. The number of carbonyl (C=O) groups excluding carboxylic acids is 1. The molecule has 0 aliphatic rings. The van der Waals surface area contributed by atoms with Gasteiger partial charge in [-0.3, -0.25) is 4.98 Å². The molecule has 1 aromatic carbocycles. The van der Waals surface area contributed by atoms with E-state index in [2.05, 4.69) is 40.7 Å². The second-order valence-electron chi connectivity index (χ2n) is 5.95. The highest BCUT2D eigenvalue weighted by atomic mass is 16.3. The lowest BCUT2D eigenvalue weighted by Crippen LogP contribution is -2.40. The minimum atomic E-state index is -0.206. The molecule has 2 aromatic rings. The van der Waals surface area contributed by atoms with Gasteiger partial charge in [0.05, 0.1) is 0 Å². The largest absolute Gasteiger partial charge is 0.396 e. The Kier molecular flexibility index (Phi) is 7.23. The van der Waals surface area contributed by atoms with Gasteiger partial charge < -0.3 is 15.7 Å². The van der Waals surface area contributed by atoms with E-state index in [1.54, 1.807) is 6.20 Å². The zero-order chi connectivity index (χ0) is 17.2. The fourth-order valence-corrected chi connectivity index (χ4v) is 2.50. The Morgan fingerprint density at radius 1 is 1.21 bits per heavy atom. The summed E-state index contributed by atoms with van der Waals surface area (Å²) in [4.78, 5) is 16.1. The third-order valence-corrected chi connectivity index (χ3v) is 3.82. The van der Waals surface area contributed by atoms with Crippen LogP contribution in [0.5, 0.6) is 0 Å². The molecule has 128 valence electrons. The molecule has 1 aromatic heterocycles. The number of nitrogens with zero attached hydrogens (tertiary/aromatic N) is 1.